The minimum Gasteiger partial charge on any atom is -0.467 e. The molecule has 37 heavy (non-hydrogen) atoms. The first-order chi connectivity index (χ1) is 18.2. The molecule has 2 aliphatic rings. The van der Waals surface area contributed by atoms with Gasteiger partial charge in [0, 0.05) is 5.69 Å². The van der Waals surface area contributed by atoms with Crippen LogP contribution in [-0.2, 0) is 0 Å². The average molecular weight is 485 g/mol. The average Bonchev–Trinajstić information content (AvgIpc) is 3.58. The van der Waals surface area contributed by atoms with E-state index in [2.05, 4.69) is 47.5 Å². The Kier molecular flexibility index (Phi) is 4.82. The van der Waals surface area contributed by atoms with Crippen molar-refractivity contribution >= 4 is 34.6 Å². The molecule has 7 heteroatoms. The normalized spacial score (nSPS) is 15.8. The lowest BCUT2D eigenvalue weighted by Crippen LogP contribution is -2.46. The van der Waals surface area contributed by atoms with Crippen molar-refractivity contribution in [1.29, 1.82) is 0 Å². The zero-order valence-electron chi connectivity index (χ0n) is 20.5. The number of rotatable bonds is 3. The second kappa shape index (κ2) is 8.34. The van der Waals surface area contributed by atoms with Gasteiger partial charge in [-0.3, -0.25) is 0 Å². The van der Waals surface area contributed by atoms with Gasteiger partial charge in [0.2, 0.25) is 0 Å². The largest absolute Gasteiger partial charge is 0.467 e. The molecule has 1 N–H and O–H groups in total. The van der Waals surface area contributed by atoms with Crippen LogP contribution in [0, 0.1) is 13.8 Å². The maximum Gasteiger partial charge on any atom is 0.179 e. The number of aryl methyl sites for hydroxylation is 2. The van der Waals surface area contributed by atoms with Crippen LogP contribution in [0.5, 0.6) is 0 Å². The maximum absolute atomic E-state index is 6.04. The first kappa shape index (κ1) is 21.4. The highest BCUT2D eigenvalue weighted by Gasteiger charge is 2.42. The minimum absolute atomic E-state index is 0.263. The molecule has 0 radical (unpaired) electrons. The van der Waals surface area contributed by atoms with Crippen molar-refractivity contribution in [2.45, 2.75) is 19.9 Å². The molecule has 0 spiro atoms. The number of nitrogens with one attached hydrogen (secondary N) is 1. The van der Waals surface area contributed by atoms with Crippen molar-refractivity contribution in [3.05, 3.63) is 120 Å². The summed E-state index contributed by atoms with van der Waals surface area (Å²) in [5, 5.41) is 8.46. The summed E-state index contributed by atoms with van der Waals surface area (Å²) in [4.78, 5) is 12.5. The predicted molar refractivity (Wildman–Crippen MR) is 147 cm³/mol. The number of aliphatic imine (C=N–C) groups is 2. The fraction of sp³-hybridized carbons (Fsp3) is 0.100. The Morgan fingerprint density at radius 1 is 0.811 bits per heavy atom. The van der Waals surface area contributed by atoms with Gasteiger partial charge in [-0.15, -0.1) is 0 Å². The quantitative estimate of drug-likeness (QED) is 0.303. The molecule has 1 atom stereocenters. The zero-order valence-corrected chi connectivity index (χ0v) is 20.5. The van der Waals surface area contributed by atoms with Crippen LogP contribution in [-0.4, -0.2) is 21.5 Å². The Morgan fingerprint density at radius 3 is 2.38 bits per heavy atom. The van der Waals surface area contributed by atoms with Crippen molar-refractivity contribution < 1.29 is 4.42 Å². The summed E-state index contributed by atoms with van der Waals surface area (Å²) in [6.45, 7) is 4.11. The summed E-state index contributed by atoms with van der Waals surface area (Å²) in [5.74, 6) is 2.97. The van der Waals surface area contributed by atoms with E-state index >= 15 is 0 Å². The Labute approximate surface area is 214 Å². The summed E-state index contributed by atoms with van der Waals surface area (Å²) in [5.41, 5.74) is 6.83. The molecule has 7 rings (SSSR count). The van der Waals surface area contributed by atoms with Gasteiger partial charge in [-0.25, -0.2) is 14.7 Å². The Balaban J connectivity index is 1.49. The van der Waals surface area contributed by atoms with Gasteiger partial charge < -0.3 is 14.6 Å². The second-order valence-electron chi connectivity index (χ2n) is 9.23. The monoisotopic (exact) mass is 484 g/mol. The molecule has 2 aliphatic heterocycles. The van der Waals surface area contributed by atoms with Gasteiger partial charge in [-0.05, 0) is 62.4 Å². The van der Waals surface area contributed by atoms with Crippen LogP contribution in [0.4, 0.5) is 22.9 Å². The summed E-state index contributed by atoms with van der Waals surface area (Å²) >= 11 is 0. The third-order valence-corrected chi connectivity index (χ3v) is 6.77. The van der Waals surface area contributed by atoms with E-state index in [4.69, 9.17) is 19.5 Å². The number of amidine groups is 2. The van der Waals surface area contributed by atoms with Crippen molar-refractivity contribution in [2.24, 2.45) is 9.98 Å². The maximum atomic E-state index is 6.04. The molecule has 3 aromatic carbocycles. The number of furan rings is 1. The van der Waals surface area contributed by atoms with Crippen LogP contribution >= 0.6 is 0 Å². The topological polar surface area (TPSA) is 71.0 Å². The van der Waals surface area contributed by atoms with Gasteiger partial charge in [0.05, 0.1) is 34.6 Å². The van der Waals surface area contributed by atoms with Crippen LogP contribution in [0.2, 0.25) is 0 Å². The zero-order chi connectivity index (χ0) is 24.9. The Morgan fingerprint density at radius 2 is 1.59 bits per heavy atom. The van der Waals surface area contributed by atoms with Crippen LogP contribution in [0.25, 0.3) is 5.69 Å². The van der Waals surface area contributed by atoms with Crippen LogP contribution in [0.3, 0.4) is 0 Å². The lowest BCUT2D eigenvalue weighted by Gasteiger charge is -2.39. The fourth-order valence-corrected chi connectivity index (χ4v) is 5.04. The van der Waals surface area contributed by atoms with E-state index in [1.807, 2.05) is 72.3 Å². The third kappa shape index (κ3) is 3.47. The highest BCUT2D eigenvalue weighted by Crippen LogP contribution is 2.48. The van der Waals surface area contributed by atoms with Crippen molar-refractivity contribution in [3.63, 3.8) is 0 Å². The molecule has 0 fully saturated rings. The molecule has 0 unspecified atom stereocenters. The molecule has 2 aromatic heterocycles. The molecule has 0 saturated heterocycles. The summed E-state index contributed by atoms with van der Waals surface area (Å²) in [6.07, 6.45) is 1.72. The first-order valence-corrected chi connectivity index (χ1v) is 12.3. The molecule has 180 valence electrons. The van der Waals surface area contributed by atoms with E-state index in [9.17, 15) is 0 Å². The number of nitrogens with zero attached hydrogens (tertiary/aromatic N) is 5. The lowest BCUT2D eigenvalue weighted by molar-refractivity contribution is 0.487. The van der Waals surface area contributed by atoms with E-state index in [1.54, 1.807) is 6.26 Å². The fourth-order valence-electron chi connectivity index (χ4n) is 5.04. The minimum atomic E-state index is -0.263. The highest BCUT2D eigenvalue weighted by molar-refractivity contribution is 6.51. The second-order valence-corrected chi connectivity index (χ2v) is 9.23. The first-order valence-electron chi connectivity index (χ1n) is 12.3. The van der Waals surface area contributed by atoms with E-state index in [0.717, 1.165) is 45.6 Å². The summed E-state index contributed by atoms with van der Waals surface area (Å²) in [6, 6.07) is 30.2. The molecular formula is C30H24N6O. The number of aromatic nitrogens is 2. The summed E-state index contributed by atoms with van der Waals surface area (Å²) < 4.78 is 7.95. The van der Waals surface area contributed by atoms with Crippen molar-refractivity contribution in [3.8, 4) is 5.69 Å². The number of para-hydroxylation sites is 3. The Hall–Kier alpha value is -4.91. The molecule has 0 amide bonds. The number of benzene rings is 3. The van der Waals surface area contributed by atoms with Gasteiger partial charge >= 0.3 is 0 Å². The molecular weight excluding hydrogens is 460 g/mol. The smallest absolute Gasteiger partial charge is 0.179 e. The van der Waals surface area contributed by atoms with Gasteiger partial charge in [-0.2, -0.15) is 5.10 Å². The predicted octanol–water partition coefficient (Wildman–Crippen LogP) is 6.88. The van der Waals surface area contributed by atoms with Gasteiger partial charge in [-0.1, -0.05) is 48.0 Å². The number of hydrogen-bond acceptors (Lipinski definition) is 6. The van der Waals surface area contributed by atoms with E-state index in [-0.39, 0.29) is 6.04 Å². The number of fused-ring (bicyclic) bond motifs is 4. The van der Waals surface area contributed by atoms with E-state index in [0.29, 0.717) is 11.7 Å². The molecule has 0 aliphatic carbocycles. The van der Waals surface area contributed by atoms with Crippen molar-refractivity contribution in [1.82, 2.24) is 9.78 Å². The van der Waals surface area contributed by atoms with Gasteiger partial charge in [0.25, 0.3) is 0 Å². The van der Waals surface area contributed by atoms with Crippen molar-refractivity contribution in [2.75, 3.05) is 10.2 Å². The number of hydrogen-bond donors (Lipinski definition) is 1. The third-order valence-electron chi connectivity index (χ3n) is 6.77. The highest BCUT2D eigenvalue weighted by atomic mass is 16.3. The number of anilines is 2. The molecule has 4 heterocycles. The Bertz CT molecular complexity index is 1660. The van der Waals surface area contributed by atoms with E-state index in [1.165, 1.54) is 5.56 Å². The standard InChI is InChI=1S/C30H24N6O/c1-19-14-16-21(17-15-19)31-28-30-33-29-26(20(2)34-36(29)22-9-4-3-5-10-22)27(25-13-8-18-37-25)35(30)24-12-7-6-11-23(24)32-28/h3-18,27H,1-2H3,(H,31,32)/t27-/m0/s1. The van der Waals surface area contributed by atoms with E-state index < -0.39 is 0 Å². The SMILES string of the molecule is Cc1ccc(NC2=Nc3ccccc3N3C2=Nc2c(c(C)nn2-c2ccccc2)[C@@H]3c2ccco2)cc1. The van der Waals surface area contributed by atoms with Crippen LogP contribution < -0.4 is 10.2 Å². The molecule has 5 aromatic rings. The van der Waals surface area contributed by atoms with Crippen LogP contribution in [0.1, 0.15) is 28.6 Å². The molecule has 7 nitrogen and oxygen atoms in total. The summed E-state index contributed by atoms with van der Waals surface area (Å²) in [7, 11) is 0. The van der Waals surface area contributed by atoms with Gasteiger partial charge in [0.15, 0.2) is 17.5 Å². The molecule has 0 bridgehead atoms. The lowest BCUT2D eigenvalue weighted by atomic mass is 9.98. The van der Waals surface area contributed by atoms with Crippen LogP contribution in [0.15, 0.2) is 112 Å². The molecule has 0 saturated carbocycles. The van der Waals surface area contributed by atoms with Gasteiger partial charge in [0.1, 0.15) is 11.8 Å².